The van der Waals surface area contributed by atoms with Gasteiger partial charge in [0.2, 0.25) is 5.91 Å². The van der Waals surface area contributed by atoms with Gasteiger partial charge >= 0.3 is 0 Å². The topological polar surface area (TPSA) is 51.2 Å². The fourth-order valence-electron chi connectivity index (χ4n) is 1.98. The maximum Gasteiger partial charge on any atom is 0.231 e. The zero-order valence-corrected chi connectivity index (χ0v) is 12.2. The minimum absolute atomic E-state index is 0.00568. The summed E-state index contributed by atoms with van der Waals surface area (Å²) in [6.07, 6.45) is 1.26. The van der Waals surface area contributed by atoms with E-state index in [4.69, 9.17) is 4.74 Å². The van der Waals surface area contributed by atoms with Crippen LogP contribution < -0.4 is 5.32 Å². The number of hydrogen-bond donors (Lipinski definition) is 1. The molecular weight excluding hydrogens is 280 g/mol. The number of thiazole rings is 1. The molecule has 1 aliphatic rings. The van der Waals surface area contributed by atoms with Crippen molar-refractivity contribution in [1.82, 2.24) is 4.98 Å². The number of carbonyl (C=O) groups excluding carboxylic acids is 1. The molecule has 3 rings (SSSR count). The number of nitrogens with zero attached hydrogens (tertiary/aromatic N) is 1. The number of ether oxygens (including phenoxy) is 1. The van der Waals surface area contributed by atoms with Crippen LogP contribution in [0.5, 0.6) is 0 Å². The van der Waals surface area contributed by atoms with Crippen molar-refractivity contribution in [3.8, 4) is 0 Å². The second-order valence-corrected chi connectivity index (χ2v) is 6.88. The van der Waals surface area contributed by atoms with E-state index in [0.717, 1.165) is 28.5 Å². The molecule has 0 aromatic carbocycles. The average molecular weight is 294 g/mol. The summed E-state index contributed by atoms with van der Waals surface area (Å²) in [4.78, 5) is 19.8. The number of aromatic nitrogens is 1. The number of fused-ring (bicyclic) bond motifs is 1. The molecule has 1 amide bonds. The lowest BCUT2D eigenvalue weighted by molar-refractivity contribution is -0.115. The summed E-state index contributed by atoms with van der Waals surface area (Å²) in [6.45, 7) is 3.38. The van der Waals surface area contributed by atoms with Crippen LogP contribution in [-0.4, -0.2) is 17.5 Å². The quantitative estimate of drug-likeness (QED) is 0.947. The Kier molecular flexibility index (Phi) is 3.63. The third-order valence-corrected chi connectivity index (χ3v) is 4.86. The van der Waals surface area contributed by atoms with Gasteiger partial charge in [-0.2, -0.15) is 0 Å². The van der Waals surface area contributed by atoms with Crippen LogP contribution in [-0.2, 0) is 29.0 Å². The van der Waals surface area contributed by atoms with Crippen LogP contribution in [0, 0.1) is 6.92 Å². The van der Waals surface area contributed by atoms with E-state index in [1.807, 2.05) is 19.1 Å². The predicted octanol–water partition coefficient (Wildman–Crippen LogP) is 2.77. The lowest BCUT2D eigenvalue weighted by atomic mass is 10.2. The Morgan fingerprint density at radius 1 is 1.47 bits per heavy atom. The van der Waals surface area contributed by atoms with Gasteiger partial charge in [0.05, 0.1) is 30.2 Å². The molecular formula is C13H14N2O2S2. The molecule has 0 atom stereocenters. The van der Waals surface area contributed by atoms with Crippen LogP contribution in [0.2, 0.25) is 0 Å². The second kappa shape index (κ2) is 5.40. The molecule has 0 saturated carbocycles. The van der Waals surface area contributed by atoms with Crippen LogP contribution in [0.3, 0.4) is 0 Å². The highest BCUT2D eigenvalue weighted by atomic mass is 32.1. The Balaban J connectivity index is 1.64. The van der Waals surface area contributed by atoms with E-state index in [1.165, 1.54) is 16.2 Å². The minimum Gasteiger partial charge on any atom is -0.375 e. The average Bonchev–Trinajstić information content (AvgIpc) is 2.94. The number of aryl methyl sites for hydroxylation is 1. The number of carbonyl (C=O) groups is 1. The summed E-state index contributed by atoms with van der Waals surface area (Å²) in [6, 6.07) is 4.03. The van der Waals surface area contributed by atoms with Crippen LogP contribution in [0.25, 0.3) is 0 Å². The highest BCUT2D eigenvalue weighted by molar-refractivity contribution is 7.16. The van der Waals surface area contributed by atoms with E-state index in [1.54, 1.807) is 11.3 Å². The highest BCUT2D eigenvalue weighted by Crippen LogP contribution is 2.27. The lowest BCUT2D eigenvalue weighted by Gasteiger charge is -2.08. The summed E-state index contributed by atoms with van der Waals surface area (Å²) >= 11 is 3.17. The van der Waals surface area contributed by atoms with Gasteiger partial charge in [-0.05, 0) is 19.1 Å². The van der Waals surface area contributed by atoms with Gasteiger partial charge in [-0.3, -0.25) is 4.79 Å². The number of hydrogen-bond acceptors (Lipinski definition) is 5. The number of anilines is 1. The summed E-state index contributed by atoms with van der Waals surface area (Å²) in [7, 11) is 0. The Morgan fingerprint density at radius 2 is 2.37 bits per heavy atom. The van der Waals surface area contributed by atoms with Gasteiger partial charge in [-0.15, -0.1) is 11.3 Å². The largest absolute Gasteiger partial charge is 0.375 e. The molecule has 0 radical (unpaired) electrons. The predicted molar refractivity (Wildman–Crippen MR) is 76.9 cm³/mol. The third kappa shape index (κ3) is 3.02. The Labute approximate surface area is 119 Å². The molecule has 2 aromatic heterocycles. The normalized spacial score (nSPS) is 14.2. The van der Waals surface area contributed by atoms with Gasteiger partial charge in [0.15, 0.2) is 5.13 Å². The van der Waals surface area contributed by atoms with Crippen molar-refractivity contribution in [2.24, 2.45) is 0 Å². The van der Waals surface area contributed by atoms with Gasteiger partial charge < -0.3 is 10.1 Å². The van der Waals surface area contributed by atoms with Gasteiger partial charge in [0.25, 0.3) is 0 Å². The fraction of sp³-hybridized carbons (Fsp3) is 0.385. The first-order valence-corrected chi connectivity index (χ1v) is 7.75. The molecule has 6 heteroatoms. The Morgan fingerprint density at radius 3 is 3.11 bits per heavy atom. The molecule has 2 aromatic rings. The molecule has 0 aliphatic carbocycles. The van der Waals surface area contributed by atoms with E-state index < -0.39 is 0 Å². The molecule has 19 heavy (non-hydrogen) atoms. The molecule has 0 saturated heterocycles. The van der Waals surface area contributed by atoms with Crippen LogP contribution in [0.15, 0.2) is 12.1 Å². The highest BCUT2D eigenvalue weighted by Gasteiger charge is 2.16. The van der Waals surface area contributed by atoms with Gasteiger partial charge in [0.1, 0.15) is 0 Å². The van der Waals surface area contributed by atoms with Crippen molar-refractivity contribution in [2.45, 2.75) is 26.4 Å². The van der Waals surface area contributed by atoms with Crippen molar-refractivity contribution in [2.75, 3.05) is 11.9 Å². The molecule has 1 aliphatic heterocycles. The van der Waals surface area contributed by atoms with Crippen molar-refractivity contribution in [3.63, 3.8) is 0 Å². The van der Waals surface area contributed by atoms with Crippen molar-refractivity contribution in [3.05, 3.63) is 32.5 Å². The van der Waals surface area contributed by atoms with E-state index in [-0.39, 0.29) is 5.91 Å². The Hall–Kier alpha value is -1.24. The molecule has 3 heterocycles. The van der Waals surface area contributed by atoms with Gasteiger partial charge in [0, 0.05) is 16.2 Å². The fourth-order valence-corrected chi connectivity index (χ4v) is 3.83. The van der Waals surface area contributed by atoms with E-state index >= 15 is 0 Å². The zero-order chi connectivity index (χ0) is 13.2. The van der Waals surface area contributed by atoms with E-state index in [9.17, 15) is 4.79 Å². The molecule has 0 spiro atoms. The third-order valence-electron chi connectivity index (χ3n) is 2.87. The van der Waals surface area contributed by atoms with Crippen LogP contribution in [0.4, 0.5) is 5.13 Å². The van der Waals surface area contributed by atoms with E-state index in [0.29, 0.717) is 18.2 Å². The van der Waals surface area contributed by atoms with Crippen molar-refractivity contribution < 1.29 is 9.53 Å². The molecule has 0 bridgehead atoms. The first kappa shape index (κ1) is 12.8. The summed E-state index contributed by atoms with van der Waals surface area (Å²) in [5.41, 5.74) is 1.07. The first-order valence-electron chi connectivity index (χ1n) is 6.12. The Bertz CT molecular complexity index is 580. The first-order chi connectivity index (χ1) is 9.20. The van der Waals surface area contributed by atoms with Gasteiger partial charge in [-0.25, -0.2) is 4.98 Å². The standard InChI is InChI=1S/C13H14N2O2S2/c1-8-2-3-9(18-8)6-12(16)15-13-14-10-4-5-17-7-11(10)19-13/h2-3H,4-7H2,1H3,(H,14,15,16). The maximum absolute atomic E-state index is 11.9. The molecule has 100 valence electrons. The molecule has 4 nitrogen and oxygen atoms in total. The van der Waals surface area contributed by atoms with Crippen LogP contribution in [0.1, 0.15) is 20.3 Å². The molecule has 1 N–H and O–H groups in total. The van der Waals surface area contributed by atoms with E-state index in [2.05, 4.69) is 10.3 Å². The second-order valence-electron chi connectivity index (χ2n) is 4.43. The summed E-state index contributed by atoms with van der Waals surface area (Å²) in [5, 5.41) is 3.57. The smallest absolute Gasteiger partial charge is 0.231 e. The maximum atomic E-state index is 11.9. The number of amides is 1. The number of nitrogens with one attached hydrogen (secondary N) is 1. The zero-order valence-electron chi connectivity index (χ0n) is 10.6. The van der Waals surface area contributed by atoms with Gasteiger partial charge in [-0.1, -0.05) is 11.3 Å². The molecule has 0 unspecified atom stereocenters. The number of thiophene rings is 1. The van der Waals surface area contributed by atoms with Crippen LogP contribution >= 0.6 is 22.7 Å². The molecule has 0 fully saturated rings. The minimum atomic E-state index is -0.00568. The lowest BCUT2D eigenvalue weighted by Crippen LogP contribution is -2.13. The summed E-state index contributed by atoms with van der Waals surface area (Å²) < 4.78 is 5.37. The summed E-state index contributed by atoms with van der Waals surface area (Å²) in [5.74, 6) is -0.00568. The SMILES string of the molecule is Cc1ccc(CC(=O)Nc2nc3c(s2)COCC3)s1. The monoisotopic (exact) mass is 294 g/mol. The van der Waals surface area contributed by atoms with Crippen molar-refractivity contribution in [1.29, 1.82) is 0 Å². The van der Waals surface area contributed by atoms with Crippen molar-refractivity contribution >= 4 is 33.7 Å². The number of rotatable bonds is 3.